The summed E-state index contributed by atoms with van der Waals surface area (Å²) in [7, 11) is 2.00. The molecule has 0 atom stereocenters. The Hall–Kier alpha value is -1.57. The molecule has 0 aliphatic carbocycles. The molecule has 0 spiro atoms. The average Bonchev–Trinajstić information content (AvgIpc) is 2.32. The van der Waals surface area contributed by atoms with Crippen LogP contribution in [-0.2, 0) is 6.42 Å². The molecule has 0 fully saturated rings. The Kier molecular flexibility index (Phi) is 3.05. The van der Waals surface area contributed by atoms with E-state index in [-0.39, 0.29) is 0 Å². The molecular formula is C15H20N2. The van der Waals surface area contributed by atoms with E-state index >= 15 is 0 Å². The Labute approximate surface area is 103 Å². The number of hydrogen-bond donors (Lipinski definition) is 1. The third-order valence-electron chi connectivity index (χ3n) is 3.46. The van der Waals surface area contributed by atoms with E-state index in [1.807, 2.05) is 7.05 Å². The topological polar surface area (TPSA) is 24.9 Å². The van der Waals surface area contributed by atoms with Gasteiger partial charge in [-0.2, -0.15) is 0 Å². The molecule has 2 rings (SSSR count). The summed E-state index contributed by atoms with van der Waals surface area (Å²) in [5.41, 5.74) is 7.37. The third-order valence-corrected chi connectivity index (χ3v) is 3.46. The van der Waals surface area contributed by atoms with Gasteiger partial charge in [0.15, 0.2) is 0 Å². The molecule has 1 N–H and O–H groups in total. The number of nitrogens with one attached hydrogen (secondary N) is 1. The van der Waals surface area contributed by atoms with Crippen LogP contribution in [-0.4, -0.2) is 12.0 Å². The Morgan fingerprint density at radius 3 is 2.35 bits per heavy atom. The lowest BCUT2D eigenvalue weighted by molar-refractivity contribution is 1.06. The van der Waals surface area contributed by atoms with Gasteiger partial charge in [0, 0.05) is 23.8 Å². The standard InChI is InChI=1S/C15H20N2/c1-6-12-11(4)17-14-10(3)8-7-9(2)13(14)15(12)16-5/h7-8H,6H2,1-5H3,(H,16,17). The van der Waals surface area contributed by atoms with E-state index in [4.69, 9.17) is 4.98 Å². The van der Waals surface area contributed by atoms with Crippen LogP contribution in [0.2, 0.25) is 0 Å². The van der Waals surface area contributed by atoms with Gasteiger partial charge in [-0.15, -0.1) is 0 Å². The van der Waals surface area contributed by atoms with E-state index in [1.165, 1.54) is 27.8 Å². The van der Waals surface area contributed by atoms with E-state index in [2.05, 4.69) is 45.1 Å². The smallest absolute Gasteiger partial charge is 0.0757 e. The number of benzene rings is 1. The molecule has 1 aromatic carbocycles. The first-order valence-corrected chi connectivity index (χ1v) is 6.17. The number of nitrogens with zero attached hydrogens (tertiary/aromatic N) is 1. The minimum absolute atomic E-state index is 1.01. The van der Waals surface area contributed by atoms with Crippen molar-refractivity contribution in [3.05, 3.63) is 34.5 Å². The zero-order chi connectivity index (χ0) is 12.6. The highest BCUT2D eigenvalue weighted by molar-refractivity contribution is 5.97. The van der Waals surface area contributed by atoms with Gasteiger partial charge in [-0.25, -0.2) is 0 Å². The van der Waals surface area contributed by atoms with Gasteiger partial charge < -0.3 is 5.32 Å². The molecule has 2 nitrogen and oxygen atoms in total. The number of aryl methyl sites for hydroxylation is 3. The van der Waals surface area contributed by atoms with Gasteiger partial charge in [0.25, 0.3) is 0 Å². The highest BCUT2D eigenvalue weighted by Crippen LogP contribution is 2.32. The fraction of sp³-hybridized carbons (Fsp3) is 0.400. The van der Waals surface area contributed by atoms with E-state index in [0.29, 0.717) is 0 Å². The van der Waals surface area contributed by atoms with Crippen molar-refractivity contribution in [1.29, 1.82) is 0 Å². The Balaban J connectivity index is 2.98. The second-order valence-corrected chi connectivity index (χ2v) is 4.58. The monoisotopic (exact) mass is 228 g/mol. The largest absolute Gasteiger partial charge is 0.387 e. The van der Waals surface area contributed by atoms with Gasteiger partial charge in [0.1, 0.15) is 0 Å². The predicted molar refractivity (Wildman–Crippen MR) is 74.9 cm³/mol. The summed E-state index contributed by atoms with van der Waals surface area (Å²) in [6, 6.07) is 4.32. The molecule has 1 aromatic heterocycles. The summed E-state index contributed by atoms with van der Waals surface area (Å²) >= 11 is 0. The molecule has 2 aromatic rings. The number of pyridine rings is 1. The van der Waals surface area contributed by atoms with Crippen molar-refractivity contribution < 1.29 is 0 Å². The number of rotatable bonds is 2. The number of aromatic nitrogens is 1. The Morgan fingerprint density at radius 1 is 1.12 bits per heavy atom. The van der Waals surface area contributed by atoms with Crippen LogP contribution >= 0.6 is 0 Å². The summed E-state index contributed by atoms with van der Waals surface area (Å²) in [6.07, 6.45) is 1.01. The second kappa shape index (κ2) is 4.36. The maximum Gasteiger partial charge on any atom is 0.0757 e. The minimum atomic E-state index is 1.01. The van der Waals surface area contributed by atoms with E-state index in [0.717, 1.165) is 17.6 Å². The minimum Gasteiger partial charge on any atom is -0.387 e. The predicted octanol–water partition coefficient (Wildman–Crippen LogP) is 3.76. The number of anilines is 1. The van der Waals surface area contributed by atoms with Crippen molar-refractivity contribution in [2.24, 2.45) is 0 Å². The molecule has 17 heavy (non-hydrogen) atoms. The first-order chi connectivity index (χ1) is 8.10. The zero-order valence-electron chi connectivity index (χ0n) is 11.3. The van der Waals surface area contributed by atoms with Crippen LogP contribution in [0.25, 0.3) is 10.9 Å². The quantitative estimate of drug-likeness (QED) is 0.846. The molecule has 0 aliphatic heterocycles. The number of fused-ring (bicyclic) bond motifs is 1. The lowest BCUT2D eigenvalue weighted by atomic mass is 9.98. The normalized spacial score (nSPS) is 10.9. The van der Waals surface area contributed by atoms with Crippen molar-refractivity contribution in [2.45, 2.75) is 34.1 Å². The average molecular weight is 228 g/mol. The summed E-state index contributed by atoms with van der Waals surface area (Å²) in [5.74, 6) is 0. The van der Waals surface area contributed by atoms with E-state index < -0.39 is 0 Å². The van der Waals surface area contributed by atoms with Crippen molar-refractivity contribution in [2.75, 3.05) is 12.4 Å². The van der Waals surface area contributed by atoms with Crippen LogP contribution in [0.15, 0.2) is 12.1 Å². The lowest BCUT2D eigenvalue weighted by Gasteiger charge is -2.16. The Morgan fingerprint density at radius 2 is 1.76 bits per heavy atom. The maximum atomic E-state index is 4.78. The Bertz CT molecular complexity index is 571. The van der Waals surface area contributed by atoms with Crippen molar-refractivity contribution in [3.8, 4) is 0 Å². The first-order valence-electron chi connectivity index (χ1n) is 6.17. The highest BCUT2D eigenvalue weighted by Gasteiger charge is 2.13. The van der Waals surface area contributed by atoms with Crippen molar-refractivity contribution in [1.82, 2.24) is 4.98 Å². The first kappa shape index (κ1) is 11.9. The zero-order valence-corrected chi connectivity index (χ0v) is 11.3. The van der Waals surface area contributed by atoms with Gasteiger partial charge in [0.05, 0.1) is 5.52 Å². The SMILES string of the molecule is CCc1c(C)nc2c(C)ccc(C)c2c1NC. The third kappa shape index (κ3) is 1.78. The summed E-state index contributed by atoms with van der Waals surface area (Å²) in [6.45, 7) is 8.56. The molecule has 0 bridgehead atoms. The molecule has 0 saturated carbocycles. The molecule has 2 heteroatoms. The molecule has 90 valence electrons. The van der Waals surface area contributed by atoms with Gasteiger partial charge in [-0.1, -0.05) is 19.1 Å². The van der Waals surface area contributed by atoms with Gasteiger partial charge in [-0.05, 0) is 43.9 Å². The molecule has 1 heterocycles. The molecule has 0 saturated heterocycles. The molecule has 0 unspecified atom stereocenters. The van der Waals surface area contributed by atoms with Crippen molar-refractivity contribution in [3.63, 3.8) is 0 Å². The fourth-order valence-corrected chi connectivity index (χ4v) is 2.53. The van der Waals surface area contributed by atoms with Gasteiger partial charge >= 0.3 is 0 Å². The summed E-state index contributed by atoms with van der Waals surface area (Å²) in [5, 5.41) is 4.63. The van der Waals surface area contributed by atoms with Crippen molar-refractivity contribution >= 4 is 16.6 Å². The molecule has 0 radical (unpaired) electrons. The van der Waals surface area contributed by atoms with Crippen LogP contribution in [0.3, 0.4) is 0 Å². The van der Waals surface area contributed by atoms with E-state index in [9.17, 15) is 0 Å². The molecule has 0 aliphatic rings. The lowest BCUT2D eigenvalue weighted by Crippen LogP contribution is -2.03. The molecule has 0 amide bonds. The van der Waals surface area contributed by atoms with Crippen LogP contribution in [0.1, 0.15) is 29.3 Å². The second-order valence-electron chi connectivity index (χ2n) is 4.58. The summed E-state index contributed by atoms with van der Waals surface area (Å²) in [4.78, 5) is 4.78. The van der Waals surface area contributed by atoms with E-state index in [1.54, 1.807) is 0 Å². The number of hydrogen-bond acceptors (Lipinski definition) is 2. The van der Waals surface area contributed by atoms with Crippen LogP contribution in [0, 0.1) is 20.8 Å². The van der Waals surface area contributed by atoms with Gasteiger partial charge in [0.2, 0.25) is 0 Å². The van der Waals surface area contributed by atoms with Gasteiger partial charge in [-0.3, -0.25) is 4.98 Å². The maximum absolute atomic E-state index is 4.78. The fourth-order valence-electron chi connectivity index (χ4n) is 2.53. The van der Waals surface area contributed by atoms with Crippen LogP contribution in [0.4, 0.5) is 5.69 Å². The highest BCUT2D eigenvalue weighted by atomic mass is 14.8. The molecular weight excluding hydrogens is 208 g/mol. The summed E-state index contributed by atoms with van der Waals surface area (Å²) < 4.78 is 0. The van der Waals surface area contributed by atoms with Crippen LogP contribution in [0.5, 0.6) is 0 Å². The van der Waals surface area contributed by atoms with Crippen LogP contribution < -0.4 is 5.32 Å².